The van der Waals surface area contributed by atoms with E-state index in [9.17, 15) is 28.9 Å². The molecule has 0 aromatic rings. The first-order valence-corrected chi connectivity index (χ1v) is 30.3. The molecule has 3 unspecified atom stereocenters. The van der Waals surface area contributed by atoms with E-state index in [4.69, 9.17) is 23.3 Å². The van der Waals surface area contributed by atoms with Crippen LogP contribution in [0.2, 0.25) is 0 Å². The van der Waals surface area contributed by atoms with Gasteiger partial charge in [-0.25, -0.2) is 4.57 Å². The highest BCUT2D eigenvalue weighted by molar-refractivity contribution is 7.47. The van der Waals surface area contributed by atoms with Crippen LogP contribution in [0.3, 0.4) is 0 Å². The van der Waals surface area contributed by atoms with Gasteiger partial charge in [0.1, 0.15) is 12.7 Å². The molecular weight excluding hydrogens is 952 g/mol. The molecule has 11 nitrogen and oxygen atoms in total. The van der Waals surface area contributed by atoms with E-state index < -0.39 is 64.4 Å². The first kappa shape index (κ1) is 70.1. The van der Waals surface area contributed by atoms with E-state index in [1.54, 1.807) is 6.08 Å². The molecule has 0 bridgehead atoms. The number of esters is 3. The Balaban J connectivity index is 4.86. The van der Waals surface area contributed by atoms with E-state index in [2.05, 4.69) is 93.7 Å². The Hall–Kier alpha value is -3.86. The number of phosphoric ester groups is 1. The maximum absolute atomic E-state index is 12.9. The lowest BCUT2D eigenvalue weighted by Gasteiger charge is -2.21. The first-order chi connectivity index (χ1) is 36.2. The standard InChI is InChI=1S/C62H103O11P/c1-4-7-10-13-16-19-22-25-27-28-29-30-32-35-38-41-44-47-50-53-62(66)73-59(55-69-60(64)51-48-45-42-39-36-34-31-26-23-20-17-14-11-8-5-2)57-71-74(67,68)70-56-58(54-63)72-61(65)52-49-46-43-40-37-33-24-21-18-15-12-9-6-3/h8-9,11-12,17-18,20-21,26,31,33,36-37,39,43,45-46,48,58-59,63H,4-7,10,13-16,19,22-25,27-30,32,34-35,38,40-42,44,47,49-57H2,1-3H3,(H,67,68)/b11-8-,12-9-,20-17-,21-18-,31-26-,37-33-,39-36-,46-43-,48-45-. The Kier molecular flexibility index (Phi) is 52.5. The minimum absolute atomic E-state index is 0.0132. The fourth-order valence-corrected chi connectivity index (χ4v) is 8.23. The number of unbranched alkanes of at least 4 members (excludes halogenated alkanes) is 18. The van der Waals surface area contributed by atoms with Crippen molar-refractivity contribution in [3.63, 3.8) is 0 Å². The molecular formula is C62H103O11P. The van der Waals surface area contributed by atoms with Crippen molar-refractivity contribution in [1.82, 2.24) is 0 Å². The molecule has 0 aliphatic carbocycles. The highest BCUT2D eigenvalue weighted by Gasteiger charge is 2.28. The molecule has 74 heavy (non-hydrogen) atoms. The molecule has 2 N–H and O–H groups in total. The number of aliphatic hydroxyl groups is 1. The highest BCUT2D eigenvalue weighted by Crippen LogP contribution is 2.43. The van der Waals surface area contributed by atoms with Crippen LogP contribution in [0, 0.1) is 0 Å². The average molecular weight is 1060 g/mol. The van der Waals surface area contributed by atoms with Crippen LogP contribution in [0.25, 0.3) is 0 Å². The lowest BCUT2D eigenvalue weighted by molar-refractivity contribution is -0.161. The number of phosphoric acid groups is 1. The quantitative estimate of drug-likeness (QED) is 0.0197. The second-order valence-electron chi connectivity index (χ2n) is 18.7. The predicted octanol–water partition coefficient (Wildman–Crippen LogP) is 17.0. The lowest BCUT2D eigenvalue weighted by Crippen LogP contribution is -2.30. The van der Waals surface area contributed by atoms with Crippen LogP contribution in [0.4, 0.5) is 0 Å². The predicted molar refractivity (Wildman–Crippen MR) is 307 cm³/mol. The van der Waals surface area contributed by atoms with Crippen molar-refractivity contribution in [3.8, 4) is 0 Å². The van der Waals surface area contributed by atoms with Gasteiger partial charge in [-0.1, -0.05) is 246 Å². The zero-order valence-electron chi connectivity index (χ0n) is 46.5. The fraction of sp³-hybridized carbons (Fsp3) is 0.661. The maximum atomic E-state index is 12.9. The monoisotopic (exact) mass is 1050 g/mol. The third-order valence-corrected chi connectivity index (χ3v) is 12.7. The maximum Gasteiger partial charge on any atom is 0.472 e. The zero-order valence-corrected chi connectivity index (χ0v) is 47.4. The van der Waals surface area contributed by atoms with Gasteiger partial charge in [0.25, 0.3) is 0 Å². The van der Waals surface area contributed by atoms with Crippen LogP contribution in [0.15, 0.2) is 109 Å². The third-order valence-electron chi connectivity index (χ3n) is 11.7. The van der Waals surface area contributed by atoms with Crippen LogP contribution in [0.1, 0.15) is 226 Å². The Bertz CT molecular complexity index is 1660. The van der Waals surface area contributed by atoms with Gasteiger partial charge in [0.15, 0.2) is 6.10 Å². The van der Waals surface area contributed by atoms with Crippen LogP contribution in [-0.4, -0.2) is 66.5 Å². The van der Waals surface area contributed by atoms with E-state index in [-0.39, 0.29) is 19.3 Å². The van der Waals surface area contributed by atoms with Crippen LogP contribution in [-0.2, 0) is 42.2 Å². The van der Waals surface area contributed by atoms with Gasteiger partial charge >= 0.3 is 25.7 Å². The topological polar surface area (TPSA) is 155 Å². The van der Waals surface area contributed by atoms with E-state index in [0.29, 0.717) is 19.3 Å². The number of ether oxygens (including phenoxy) is 3. The molecule has 0 aliphatic rings. The minimum atomic E-state index is -4.79. The van der Waals surface area contributed by atoms with Crippen molar-refractivity contribution in [1.29, 1.82) is 0 Å². The van der Waals surface area contributed by atoms with Gasteiger partial charge in [-0.2, -0.15) is 0 Å². The van der Waals surface area contributed by atoms with Crippen LogP contribution in [0.5, 0.6) is 0 Å². The van der Waals surface area contributed by atoms with Gasteiger partial charge in [0.05, 0.1) is 26.2 Å². The van der Waals surface area contributed by atoms with E-state index in [1.165, 1.54) is 96.3 Å². The fourth-order valence-electron chi connectivity index (χ4n) is 7.44. The summed E-state index contributed by atoms with van der Waals surface area (Å²) >= 11 is 0. The van der Waals surface area contributed by atoms with Crippen molar-refractivity contribution in [2.75, 3.05) is 26.4 Å². The normalized spacial score (nSPS) is 14.2. The van der Waals surface area contributed by atoms with E-state index in [0.717, 1.165) is 70.6 Å². The Labute approximate surface area is 450 Å². The van der Waals surface area contributed by atoms with Crippen molar-refractivity contribution in [3.05, 3.63) is 109 Å². The molecule has 0 amide bonds. The summed E-state index contributed by atoms with van der Waals surface area (Å²) in [6, 6.07) is 0. The van der Waals surface area contributed by atoms with Crippen molar-refractivity contribution < 1.29 is 52.2 Å². The lowest BCUT2D eigenvalue weighted by atomic mass is 10.0. The minimum Gasteiger partial charge on any atom is -0.461 e. The van der Waals surface area contributed by atoms with Crippen molar-refractivity contribution >= 4 is 25.7 Å². The van der Waals surface area contributed by atoms with Gasteiger partial charge in [0.2, 0.25) is 0 Å². The second-order valence-corrected chi connectivity index (χ2v) is 20.2. The largest absolute Gasteiger partial charge is 0.472 e. The molecule has 0 rings (SSSR count). The smallest absolute Gasteiger partial charge is 0.461 e. The molecule has 0 fully saturated rings. The van der Waals surface area contributed by atoms with Crippen LogP contribution >= 0.6 is 7.82 Å². The first-order valence-electron chi connectivity index (χ1n) is 28.8. The molecule has 0 spiro atoms. The van der Waals surface area contributed by atoms with Crippen molar-refractivity contribution in [2.24, 2.45) is 0 Å². The van der Waals surface area contributed by atoms with Gasteiger partial charge in [-0.3, -0.25) is 23.4 Å². The number of hydrogen-bond acceptors (Lipinski definition) is 10. The summed E-state index contributed by atoms with van der Waals surface area (Å²) in [4.78, 5) is 48.4. The SMILES string of the molecule is CC/C=C\C/C=C\C/C=C\C/C=C\C/C=C\CC(=O)OCC(COP(=O)(O)OCC(CO)OC(=O)CC/C=C\C/C=C\C/C=C\C/C=C\CC)OC(=O)CCCCCCCCCCCCCCCCCCCCC. The summed E-state index contributed by atoms with van der Waals surface area (Å²) in [5.74, 6) is -1.71. The van der Waals surface area contributed by atoms with E-state index >= 15 is 0 Å². The molecule has 0 aromatic carbocycles. The summed E-state index contributed by atoms with van der Waals surface area (Å²) in [5, 5.41) is 9.78. The summed E-state index contributed by atoms with van der Waals surface area (Å²) < 4.78 is 39.3. The Morgan fingerprint density at radius 2 is 0.743 bits per heavy atom. The molecule has 0 saturated heterocycles. The number of carbonyl (C=O) groups is 3. The van der Waals surface area contributed by atoms with Gasteiger partial charge in [-0.15, -0.1) is 0 Å². The number of allylic oxidation sites excluding steroid dienone is 17. The Morgan fingerprint density at radius 1 is 0.405 bits per heavy atom. The molecule has 0 aliphatic heterocycles. The second kappa shape index (κ2) is 55.4. The number of carbonyl (C=O) groups excluding carboxylic acids is 3. The van der Waals surface area contributed by atoms with E-state index in [1.807, 2.05) is 30.4 Å². The molecule has 0 heterocycles. The summed E-state index contributed by atoms with van der Waals surface area (Å²) in [7, 11) is -4.79. The molecule has 12 heteroatoms. The summed E-state index contributed by atoms with van der Waals surface area (Å²) in [6.07, 6.45) is 66.8. The molecule has 0 saturated carbocycles. The van der Waals surface area contributed by atoms with Gasteiger partial charge in [-0.05, 0) is 70.6 Å². The average Bonchev–Trinajstić information content (AvgIpc) is 3.39. The van der Waals surface area contributed by atoms with Gasteiger partial charge < -0.3 is 24.2 Å². The zero-order chi connectivity index (χ0) is 54.1. The summed E-state index contributed by atoms with van der Waals surface area (Å²) in [6.45, 7) is 4.22. The summed E-state index contributed by atoms with van der Waals surface area (Å²) in [5.41, 5.74) is 0. The highest BCUT2D eigenvalue weighted by atomic mass is 31.2. The van der Waals surface area contributed by atoms with Gasteiger partial charge in [0, 0.05) is 12.8 Å². The number of aliphatic hydroxyl groups excluding tert-OH is 1. The third kappa shape index (κ3) is 53.0. The number of rotatable bonds is 52. The van der Waals surface area contributed by atoms with Crippen molar-refractivity contribution in [2.45, 2.75) is 238 Å². The molecule has 0 aromatic heterocycles. The Morgan fingerprint density at radius 3 is 1.15 bits per heavy atom. The molecule has 422 valence electrons. The molecule has 0 radical (unpaired) electrons. The molecule has 3 atom stereocenters. The van der Waals surface area contributed by atoms with Crippen LogP contribution < -0.4 is 0 Å². The number of hydrogen-bond donors (Lipinski definition) is 2.